The van der Waals surface area contributed by atoms with Gasteiger partial charge in [-0.05, 0) is 77.7 Å². The van der Waals surface area contributed by atoms with E-state index in [-0.39, 0.29) is 11.9 Å². The van der Waals surface area contributed by atoms with Crippen LogP contribution >= 0.6 is 0 Å². The lowest BCUT2D eigenvalue weighted by Gasteiger charge is -2.19. The molecule has 0 aromatic heterocycles. The summed E-state index contributed by atoms with van der Waals surface area (Å²) in [6, 6.07) is 0.268. The van der Waals surface area contributed by atoms with E-state index in [1.165, 1.54) is 25.7 Å². The van der Waals surface area contributed by atoms with Gasteiger partial charge in [0, 0.05) is 31.8 Å². The SMILES string of the molecule is CCCC(=O)CCCCCCCC1CC(=O)NCCCNCCCCNCCCN1. The second kappa shape index (κ2) is 20.0. The molecular weight excluding hydrogens is 376 g/mol. The molecule has 0 spiro atoms. The lowest BCUT2D eigenvalue weighted by Crippen LogP contribution is -2.37. The molecular formula is C24H48N4O2. The summed E-state index contributed by atoms with van der Waals surface area (Å²) in [5.74, 6) is 0.587. The summed E-state index contributed by atoms with van der Waals surface area (Å²) < 4.78 is 0. The van der Waals surface area contributed by atoms with E-state index in [0.717, 1.165) is 97.1 Å². The number of carbonyl (C=O) groups is 2. The van der Waals surface area contributed by atoms with Crippen molar-refractivity contribution in [1.29, 1.82) is 0 Å². The summed E-state index contributed by atoms with van der Waals surface area (Å²) in [6.07, 6.45) is 14.3. The standard InChI is InChI=1S/C24H48N4O2/c1-2-12-23(29)14-7-5-3-4-6-13-22-21-24(30)28-20-11-18-26-16-9-8-15-25-17-10-19-27-22/h22,25-27H,2-21H2,1H3,(H,28,30). The second-order valence-corrected chi connectivity index (χ2v) is 8.71. The van der Waals surface area contributed by atoms with Crippen LogP contribution in [0.4, 0.5) is 0 Å². The number of unbranched alkanes of at least 4 members (excludes halogenated alkanes) is 4. The molecule has 6 nitrogen and oxygen atoms in total. The largest absolute Gasteiger partial charge is 0.356 e. The zero-order valence-corrected chi connectivity index (χ0v) is 19.5. The van der Waals surface area contributed by atoms with Gasteiger partial charge in [-0.2, -0.15) is 0 Å². The summed E-state index contributed by atoms with van der Waals surface area (Å²) >= 11 is 0. The lowest BCUT2D eigenvalue weighted by atomic mass is 10.0. The number of nitrogens with one attached hydrogen (secondary N) is 4. The van der Waals surface area contributed by atoms with Crippen molar-refractivity contribution in [3.8, 4) is 0 Å². The molecule has 1 aliphatic heterocycles. The Balaban J connectivity index is 2.24. The van der Waals surface area contributed by atoms with Crippen molar-refractivity contribution in [2.24, 2.45) is 0 Å². The van der Waals surface area contributed by atoms with Crippen molar-refractivity contribution in [3.63, 3.8) is 0 Å². The first-order valence-corrected chi connectivity index (χ1v) is 12.7. The Hall–Kier alpha value is -0.980. The number of ketones is 1. The molecule has 1 rings (SSSR count). The van der Waals surface area contributed by atoms with E-state index >= 15 is 0 Å². The Kier molecular flexibility index (Phi) is 18.0. The minimum Gasteiger partial charge on any atom is -0.356 e. The van der Waals surface area contributed by atoms with Crippen molar-refractivity contribution < 1.29 is 9.59 Å². The molecule has 0 saturated carbocycles. The number of carbonyl (C=O) groups excluding carboxylic acids is 2. The number of hydrogen-bond acceptors (Lipinski definition) is 5. The van der Waals surface area contributed by atoms with Crippen LogP contribution in [0.3, 0.4) is 0 Å². The molecule has 0 aromatic rings. The highest BCUT2D eigenvalue weighted by Gasteiger charge is 2.13. The van der Waals surface area contributed by atoms with Crippen molar-refractivity contribution in [3.05, 3.63) is 0 Å². The Labute approximate surface area is 185 Å². The first-order valence-electron chi connectivity index (χ1n) is 12.7. The van der Waals surface area contributed by atoms with Crippen LogP contribution in [0.2, 0.25) is 0 Å². The number of Topliss-reactive ketones (excluding diaryl/α,β-unsaturated/α-hetero) is 1. The normalized spacial score (nSPS) is 21.0. The molecule has 1 aliphatic rings. The van der Waals surface area contributed by atoms with Crippen molar-refractivity contribution in [2.45, 2.75) is 103 Å². The average Bonchev–Trinajstić information content (AvgIpc) is 2.72. The maximum absolute atomic E-state index is 12.3. The maximum Gasteiger partial charge on any atom is 0.221 e. The molecule has 30 heavy (non-hydrogen) atoms. The molecule has 1 atom stereocenters. The Morgan fingerprint density at radius 2 is 1.43 bits per heavy atom. The van der Waals surface area contributed by atoms with Gasteiger partial charge in [0.1, 0.15) is 5.78 Å². The van der Waals surface area contributed by atoms with E-state index < -0.39 is 0 Å². The number of rotatable bonds is 10. The molecule has 1 amide bonds. The van der Waals surface area contributed by atoms with Gasteiger partial charge in [0.2, 0.25) is 5.91 Å². The minimum atomic E-state index is 0.171. The second-order valence-electron chi connectivity index (χ2n) is 8.71. The molecule has 1 saturated heterocycles. The highest BCUT2D eigenvalue weighted by atomic mass is 16.1. The summed E-state index contributed by atoms with van der Waals surface area (Å²) in [7, 11) is 0. The van der Waals surface area contributed by atoms with Gasteiger partial charge >= 0.3 is 0 Å². The molecule has 1 heterocycles. The van der Waals surface area contributed by atoms with E-state index in [0.29, 0.717) is 12.2 Å². The molecule has 0 bridgehead atoms. The number of hydrogen-bond donors (Lipinski definition) is 4. The van der Waals surface area contributed by atoms with Crippen LogP contribution in [0.1, 0.15) is 96.8 Å². The highest BCUT2D eigenvalue weighted by molar-refractivity contribution is 5.78. The quantitative estimate of drug-likeness (QED) is 0.405. The van der Waals surface area contributed by atoms with E-state index in [1.807, 2.05) is 0 Å². The molecule has 1 unspecified atom stereocenters. The van der Waals surface area contributed by atoms with E-state index in [1.54, 1.807) is 0 Å². The maximum atomic E-state index is 12.3. The molecule has 0 radical (unpaired) electrons. The van der Waals surface area contributed by atoms with Gasteiger partial charge in [0.15, 0.2) is 0 Å². The fourth-order valence-electron chi connectivity index (χ4n) is 3.93. The molecule has 6 heteroatoms. The zero-order chi connectivity index (χ0) is 21.7. The predicted molar refractivity (Wildman–Crippen MR) is 126 cm³/mol. The van der Waals surface area contributed by atoms with Crippen LogP contribution < -0.4 is 21.3 Å². The molecule has 176 valence electrons. The molecule has 1 fully saturated rings. The first-order chi connectivity index (χ1) is 14.7. The Morgan fingerprint density at radius 3 is 2.17 bits per heavy atom. The van der Waals surface area contributed by atoms with Crippen LogP contribution in [0.25, 0.3) is 0 Å². The van der Waals surface area contributed by atoms with Crippen molar-refractivity contribution in [2.75, 3.05) is 39.3 Å². The van der Waals surface area contributed by atoms with Crippen molar-refractivity contribution in [1.82, 2.24) is 21.3 Å². The van der Waals surface area contributed by atoms with Crippen LogP contribution in [0, 0.1) is 0 Å². The third kappa shape index (κ3) is 16.8. The van der Waals surface area contributed by atoms with E-state index in [2.05, 4.69) is 28.2 Å². The molecule has 4 N–H and O–H groups in total. The molecule has 0 aliphatic carbocycles. The van der Waals surface area contributed by atoms with Crippen LogP contribution in [0.5, 0.6) is 0 Å². The topological polar surface area (TPSA) is 82.3 Å². The van der Waals surface area contributed by atoms with Crippen LogP contribution in [-0.4, -0.2) is 57.0 Å². The van der Waals surface area contributed by atoms with Gasteiger partial charge in [-0.25, -0.2) is 0 Å². The summed E-state index contributed by atoms with van der Waals surface area (Å²) in [5.41, 5.74) is 0. The summed E-state index contributed by atoms with van der Waals surface area (Å²) in [4.78, 5) is 23.9. The van der Waals surface area contributed by atoms with Crippen LogP contribution in [-0.2, 0) is 9.59 Å². The predicted octanol–water partition coefficient (Wildman–Crippen LogP) is 3.30. The fraction of sp³-hybridized carbons (Fsp3) is 0.917. The zero-order valence-electron chi connectivity index (χ0n) is 19.5. The van der Waals surface area contributed by atoms with Gasteiger partial charge in [0.25, 0.3) is 0 Å². The first kappa shape index (κ1) is 27.1. The van der Waals surface area contributed by atoms with Crippen LogP contribution in [0.15, 0.2) is 0 Å². The van der Waals surface area contributed by atoms with Gasteiger partial charge in [-0.15, -0.1) is 0 Å². The monoisotopic (exact) mass is 424 g/mol. The highest BCUT2D eigenvalue weighted by Crippen LogP contribution is 2.11. The van der Waals surface area contributed by atoms with E-state index in [4.69, 9.17) is 0 Å². The fourth-order valence-corrected chi connectivity index (χ4v) is 3.93. The van der Waals surface area contributed by atoms with Gasteiger partial charge in [-0.3, -0.25) is 9.59 Å². The summed E-state index contributed by atoms with van der Waals surface area (Å²) in [5, 5.41) is 13.7. The van der Waals surface area contributed by atoms with Gasteiger partial charge in [-0.1, -0.05) is 32.6 Å². The average molecular weight is 425 g/mol. The van der Waals surface area contributed by atoms with Crippen molar-refractivity contribution >= 4 is 11.7 Å². The third-order valence-corrected chi connectivity index (χ3v) is 5.74. The number of amides is 1. The van der Waals surface area contributed by atoms with E-state index in [9.17, 15) is 9.59 Å². The van der Waals surface area contributed by atoms with Gasteiger partial charge < -0.3 is 21.3 Å². The summed E-state index contributed by atoms with van der Waals surface area (Å²) in [6.45, 7) is 7.96. The lowest BCUT2D eigenvalue weighted by molar-refractivity contribution is -0.121. The van der Waals surface area contributed by atoms with Gasteiger partial charge in [0.05, 0.1) is 0 Å². The minimum absolute atomic E-state index is 0.171. The molecule has 0 aromatic carbocycles. The third-order valence-electron chi connectivity index (χ3n) is 5.74. The smallest absolute Gasteiger partial charge is 0.221 e. The Morgan fingerprint density at radius 1 is 0.800 bits per heavy atom. The Bertz CT molecular complexity index is 431.